The fourth-order valence-corrected chi connectivity index (χ4v) is 3.16. The number of aromatic nitrogens is 3. The summed E-state index contributed by atoms with van der Waals surface area (Å²) in [4.78, 5) is 1.89. The Kier molecular flexibility index (Phi) is 8.75. The third-order valence-corrected chi connectivity index (χ3v) is 4.62. The normalized spacial score (nSPS) is 17.0. The number of hydrogen-bond donors (Lipinski definition) is 0. The van der Waals surface area contributed by atoms with Crippen LogP contribution in [0.1, 0.15) is 76.8 Å². The van der Waals surface area contributed by atoms with Crippen molar-refractivity contribution in [3.63, 3.8) is 0 Å². The van der Waals surface area contributed by atoms with Crippen molar-refractivity contribution in [1.82, 2.24) is 15.0 Å². The summed E-state index contributed by atoms with van der Waals surface area (Å²) in [5, 5.41) is 9.02. The molecular weight excluding hydrogens is 282 g/mol. The van der Waals surface area contributed by atoms with E-state index in [0.717, 1.165) is 24.6 Å². The molecule has 1 unspecified atom stereocenters. The van der Waals surface area contributed by atoms with Crippen molar-refractivity contribution in [2.24, 2.45) is 5.92 Å². The van der Waals surface area contributed by atoms with Gasteiger partial charge in [0.1, 0.15) is 0 Å². The Bertz CT molecular complexity index is 473. The summed E-state index contributed by atoms with van der Waals surface area (Å²) in [7, 11) is 0. The van der Waals surface area contributed by atoms with Crippen LogP contribution in [0, 0.1) is 5.92 Å². The van der Waals surface area contributed by atoms with E-state index >= 15 is 0 Å². The lowest BCUT2D eigenvalue weighted by molar-refractivity contribution is 0.477. The van der Waals surface area contributed by atoms with E-state index in [1.807, 2.05) is 11.0 Å². The van der Waals surface area contributed by atoms with E-state index in [9.17, 15) is 0 Å². The monoisotopic (exact) mass is 315 g/mol. The second-order valence-corrected chi connectivity index (χ2v) is 6.75. The van der Waals surface area contributed by atoms with Gasteiger partial charge < -0.3 is 0 Å². The standard InChI is InChI=1S/C20H33N3/c1-2-3-4-5-6-7-11-17-23-21-18-20(22-23)16-12-15-19-13-9-8-10-14-19/h8-10,13,18-19H,2-7,11-12,14-17H2,1H3. The van der Waals surface area contributed by atoms with Gasteiger partial charge in [0.25, 0.3) is 0 Å². The highest BCUT2D eigenvalue weighted by Gasteiger charge is 2.06. The molecule has 1 aliphatic carbocycles. The highest BCUT2D eigenvalue weighted by molar-refractivity contribution is 5.10. The fraction of sp³-hybridized carbons (Fsp3) is 0.700. The molecule has 1 aromatic rings. The summed E-state index contributed by atoms with van der Waals surface area (Å²) in [5.74, 6) is 0.725. The van der Waals surface area contributed by atoms with Gasteiger partial charge in [0.05, 0.1) is 18.4 Å². The van der Waals surface area contributed by atoms with E-state index in [0.29, 0.717) is 0 Å². The van der Waals surface area contributed by atoms with Gasteiger partial charge >= 0.3 is 0 Å². The van der Waals surface area contributed by atoms with E-state index in [-0.39, 0.29) is 0 Å². The Labute approximate surface area is 141 Å². The van der Waals surface area contributed by atoms with Gasteiger partial charge in [-0.2, -0.15) is 15.0 Å². The van der Waals surface area contributed by atoms with E-state index in [1.54, 1.807) is 0 Å². The molecule has 0 N–H and O–H groups in total. The lowest BCUT2D eigenvalue weighted by atomic mass is 9.95. The molecule has 0 aromatic carbocycles. The first-order valence-electron chi connectivity index (χ1n) is 9.61. The minimum atomic E-state index is 0.725. The molecule has 2 rings (SSSR count). The van der Waals surface area contributed by atoms with Crippen LogP contribution in [0.2, 0.25) is 0 Å². The van der Waals surface area contributed by atoms with E-state index in [1.165, 1.54) is 64.2 Å². The zero-order valence-corrected chi connectivity index (χ0v) is 14.8. The smallest absolute Gasteiger partial charge is 0.0827 e. The minimum absolute atomic E-state index is 0.725. The van der Waals surface area contributed by atoms with Crippen LogP contribution in [0.15, 0.2) is 30.5 Å². The van der Waals surface area contributed by atoms with E-state index in [4.69, 9.17) is 0 Å². The fourth-order valence-electron chi connectivity index (χ4n) is 3.16. The molecule has 0 spiro atoms. The van der Waals surface area contributed by atoms with Gasteiger partial charge in [-0.1, -0.05) is 69.8 Å². The van der Waals surface area contributed by atoms with Crippen LogP contribution < -0.4 is 0 Å². The van der Waals surface area contributed by atoms with Gasteiger partial charge in [-0.15, -0.1) is 0 Å². The summed E-state index contributed by atoms with van der Waals surface area (Å²) in [6, 6.07) is 0. The third-order valence-electron chi connectivity index (χ3n) is 4.62. The van der Waals surface area contributed by atoms with Crippen molar-refractivity contribution in [1.29, 1.82) is 0 Å². The Hall–Kier alpha value is -1.38. The van der Waals surface area contributed by atoms with Crippen molar-refractivity contribution >= 4 is 0 Å². The third kappa shape index (κ3) is 7.62. The van der Waals surface area contributed by atoms with E-state index in [2.05, 4.69) is 41.4 Å². The number of nitrogens with zero attached hydrogens (tertiary/aromatic N) is 3. The topological polar surface area (TPSA) is 30.7 Å². The van der Waals surface area contributed by atoms with Gasteiger partial charge in [-0.25, -0.2) is 0 Å². The van der Waals surface area contributed by atoms with Crippen LogP contribution in [0.4, 0.5) is 0 Å². The van der Waals surface area contributed by atoms with Crippen molar-refractivity contribution in [3.8, 4) is 0 Å². The summed E-state index contributed by atoms with van der Waals surface area (Å²) in [6.45, 7) is 3.24. The number of hydrogen-bond acceptors (Lipinski definition) is 2. The van der Waals surface area contributed by atoms with Crippen molar-refractivity contribution in [2.75, 3.05) is 0 Å². The molecule has 1 aromatic heterocycles. The van der Waals surface area contributed by atoms with Crippen LogP contribution in [-0.2, 0) is 13.0 Å². The SMILES string of the molecule is CCCCCCCCCn1ncc(CCCC2C=CC=CC2)n1. The van der Waals surface area contributed by atoms with Crippen molar-refractivity contribution in [2.45, 2.75) is 84.1 Å². The van der Waals surface area contributed by atoms with Gasteiger partial charge in [0, 0.05) is 0 Å². The molecule has 0 aliphatic heterocycles. The zero-order chi connectivity index (χ0) is 16.2. The molecular formula is C20H33N3. The Morgan fingerprint density at radius 1 is 1.04 bits per heavy atom. The molecule has 1 aliphatic rings. The second kappa shape index (κ2) is 11.2. The summed E-state index contributed by atoms with van der Waals surface area (Å²) in [5.41, 5.74) is 1.16. The van der Waals surface area contributed by atoms with Gasteiger partial charge in [-0.05, 0) is 38.0 Å². The average molecular weight is 316 g/mol. The lowest BCUT2D eigenvalue weighted by Crippen LogP contribution is -2.03. The molecule has 128 valence electrons. The molecule has 0 amide bonds. The van der Waals surface area contributed by atoms with Crippen LogP contribution in [0.5, 0.6) is 0 Å². The van der Waals surface area contributed by atoms with E-state index < -0.39 is 0 Å². The number of rotatable bonds is 12. The molecule has 0 saturated heterocycles. The molecule has 0 radical (unpaired) electrons. The Balaban J connectivity index is 1.52. The number of unbranched alkanes of at least 4 members (excludes halogenated alkanes) is 6. The molecule has 0 fully saturated rings. The number of allylic oxidation sites excluding steroid dienone is 4. The van der Waals surface area contributed by atoms with Gasteiger partial charge in [0.15, 0.2) is 0 Å². The Morgan fingerprint density at radius 2 is 1.87 bits per heavy atom. The molecule has 1 atom stereocenters. The molecule has 3 nitrogen and oxygen atoms in total. The van der Waals surface area contributed by atoms with Crippen LogP contribution in [-0.4, -0.2) is 15.0 Å². The van der Waals surface area contributed by atoms with Gasteiger partial charge in [-0.3, -0.25) is 0 Å². The first-order chi connectivity index (χ1) is 11.4. The van der Waals surface area contributed by atoms with Crippen LogP contribution >= 0.6 is 0 Å². The van der Waals surface area contributed by atoms with Gasteiger partial charge in [0.2, 0.25) is 0 Å². The predicted molar refractivity (Wildman–Crippen MR) is 97.3 cm³/mol. The van der Waals surface area contributed by atoms with Crippen LogP contribution in [0.3, 0.4) is 0 Å². The maximum absolute atomic E-state index is 4.61. The highest BCUT2D eigenvalue weighted by atomic mass is 15.5. The maximum atomic E-state index is 4.61. The summed E-state index contributed by atoms with van der Waals surface area (Å²) in [6.07, 6.45) is 25.0. The maximum Gasteiger partial charge on any atom is 0.0827 e. The molecule has 0 bridgehead atoms. The zero-order valence-electron chi connectivity index (χ0n) is 14.8. The van der Waals surface area contributed by atoms with Crippen molar-refractivity contribution in [3.05, 3.63) is 36.2 Å². The van der Waals surface area contributed by atoms with Crippen LogP contribution in [0.25, 0.3) is 0 Å². The highest BCUT2D eigenvalue weighted by Crippen LogP contribution is 2.18. The summed E-state index contributed by atoms with van der Waals surface area (Å²) < 4.78 is 0. The molecule has 3 heteroatoms. The molecule has 1 heterocycles. The minimum Gasteiger partial charge on any atom is -0.185 e. The summed E-state index contributed by atoms with van der Waals surface area (Å²) >= 11 is 0. The molecule has 23 heavy (non-hydrogen) atoms. The molecule has 0 saturated carbocycles. The second-order valence-electron chi connectivity index (χ2n) is 6.75. The largest absolute Gasteiger partial charge is 0.185 e. The Morgan fingerprint density at radius 3 is 2.65 bits per heavy atom. The first kappa shape index (κ1) is 18.0. The first-order valence-corrected chi connectivity index (χ1v) is 9.61. The van der Waals surface area contributed by atoms with Crippen molar-refractivity contribution < 1.29 is 0 Å². The average Bonchev–Trinajstić information content (AvgIpc) is 3.03. The lowest BCUT2D eigenvalue weighted by Gasteiger charge is -2.11. The number of aryl methyl sites for hydroxylation is 2. The quantitative estimate of drug-likeness (QED) is 0.478. The predicted octanol–water partition coefficient (Wildman–Crippen LogP) is 5.48.